The van der Waals surface area contributed by atoms with Crippen LogP contribution in [-0.4, -0.2) is 0 Å². The fourth-order valence-corrected chi connectivity index (χ4v) is 2.51. The molecule has 2 rings (SSSR count). The second kappa shape index (κ2) is 4.11. The minimum atomic E-state index is 1.35. The number of hydrogen-bond acceptors (Lipinski definition) is 0. The summed E-state index contributed by atoms with van der Waals surface area (Å²) in [5.41, 5.74) is 3.67. The van der Waals surface area contributed by atoms with Gasteiger partial charge in [-0.05, 0) is 57.8 Å². The molecule has 2 aliphatic rings. The molecule has 12 heavy (non-hydrogen) atoms. The van der Waals surface area contributed by atoms with Crippen molar-refractivity contribution in [3.05, 3.63) is 17.6 Å². The lowest BCUT2D eigenvalue weighted by Crippen LogP contribution is -2.02. The molecule has 0 atom stereocenters. The van der Waals surface area contributed by atoms with Gasteiger partial charge in [0.2, 0.25) is 0 Å². The summed E-state index contributed by atoms with van der Waals surface area (Å²) in [6, 6.07) is 0. The van der Waals surface area contributed by atoms with Gasteiger partial charge in [-0.1, -0.05) is 17.6 Å². The van der Waals surface area contributed by atoms with Crippen LogP contribution >= 0.6 is 0 Å². The summed E-state index contributed by atoms with van der Waals surface area (Å²) < 4.78 is 0. The molecular weight excluding hydrogens is 144 g/mol. The van der Waals surface area contributed by atoms with E-state index in [0.717, 1.165) is 0 Å². The second-order valence-corrected chi connectivity index (χ2v) is 4.13. The summed E-state index contributed by atoms with van der Waals surface area (Å²) in [5, 5.41) is 0. The van der Waals surface area contributed by atoms with Crippen molar-refractivity contribution < 1.29 is 0 Å². The Labute approximate surface area is 76.1 Å². The summed E-state index contributed by atoms with van der Waals surface area (Å²) >= 11 is 0. The predicted octanol–water partition coefficient (Wildman–Crippen LogP) is 4.03. The molecule has 0 nitrogen and oxygen atoms in total. The van der Waals surface area contributed by atoms with Crippen LogP contribution < -0.4 is 0 Å². The van der Waals surface area contributed by atoms with Crippen LogP contribution in [0.15, 0.2) is 11.1 Å². The van der Waals surface area contributed by atoms with Gasteiger partial charge in [0.15, 0.2) is 0 Å². The van der Waals surface area contributed by atoms with E-state index in [1.54, 1.807) is 0 Å². The van der Waals surface area contributed by atoms with E-state index in [4.69, 9.17) is 0 Å². The van der Waals surface area contributed by atoms with Crippen molar-refractivity contribution >= 4 is 0 Å². The maximum absolute atomic E-state index is 2.45. The van der Waals surface area contributed by atoms with E-state index < -0.39 is 0 Å². The van der Waals surface area contributed by atoms with E-state index in [1.165, 1.54) is 57.8 Å². The van der Waals surface area contributed by atoms with Gasteiger partial charge < -0.3 is 0 Å². The largest absolute Gasteiger partial charge is 0.0710 e. The van der Waals surface area contributed by atoms with Crippen LogP contribution in [-0.2, 0) is 0 Å². The lowest BCUT2D eigenvalue weighted by atomic mass is 9.84. The zero-order valence-electron chi connectivity index (χ0n) is 7.94. The van der Waals surface area contributed by atoms with Crippen LogP contribution in [0, 0.1) is 6.42 Å². The molecule has 0 spiro atoms. The molecule has 0 amide bonds. The highest BCUT2D eigenvalue weighted by Gasteiger charge is 2.13. The molecule has 0 aromatic rings. The minimum absolute atomic E-state index is 1.35. The molecule has 2 saturated carbocycles. The second-order valence-electron chi connectivity index (χ2n) is 4.13. The van der Waals surface area contributed by atoms with Crippen LogP contribution in [0.3, 0.4) is 0 Å². The van der Waals surface area contributed by atoms with Crippen LogP contribution in [0.4, 0.5) is 0 Å². The molecule has 0 N–H and O–H groups in total. The van der Waals surface area contributed by atoms with Crippen LogP contribution in [0.2, 0.25) is 0 Å². The van der Waals surface area contributed by atoms with Gasteiger partial charge in [0, 0.05) is 0 Å². The molecule has 2 aliphatic carbocycles. The first-order chi connectivity index (χ1) is 5.97. The van der Waals surface area contributed by atoms with Crippen molar-refractivity contribution in [2.75, 3.05) is 0 Å². The average molecular weight is 163 g/mol. The Hall–Kier alpha value is -0.260. The van der Waals surface area contributed by atoms with Crippen molar-refractivity contribution in [3.8, 4) is 0 Å². The van der Waals surface area contributed by atoms with Crippen molar-refractivity contribution in [1.82, 2.24) is 0 Å². The van der Waals surface area contributed by atoms with Gasteiger partial charge in [-0.2, -0.15) is 0 Å². The predicted molar refractivity (Wildman–Crippen MR) is 52.9 cm³/mol. The highest BCUT2D eigenvalue weighted by molar-refractivity contribution is 5.18. The smallest absolute Gasteiger partial charge is 0.0315 e. The van der Waals surface area contributed by atoms with E-state index in [2.05, 4.69) is 6.42 Å². The summed E-state index contributed by atoms with van der Waals surface area (Å²) in [6.45, 7) is 0. The monoisotopic (exact) mass is 163 g/mol. The standard InChI is InChI=1S/C12H19/c1-3-7-11(8-4-1)12-9-5-2-6-10-12/h1H,2-10H2. The molecule has 0 aromatic heterocycles. The fraction of sp³-hybridized carbons (Fsp3) is 0.750. The Bertz CT molecular complexity index is 140. The van der Waals surface area contributed by atoms with Gasteiger partial charge >= 0.3 is 0 Å². The van der Waals surface area contributed by atoms with Gasteiger partial charge in [0.05, 0.1) is 0 Å². The maximum Gasteiger partial charge on any atom is -0.0315 e. The highest BCUT2D eigenvalue weighted by atomic mass is 14.2. The van der Waals surface area contributed by atoms with E-state index in [0.29, 0.717) is 0 Å². The SMILES string of the molecule is [CH]1CCC(=C2CCCCC2)CC1. The molecule has 0 heterocycles. The number of rotatable bonds is 0. The summed E-state index contributed by atoms with van der Waals surface area (Å²) in [5.74, 6) is 0. The van der Waals surface area contributed by atoms with Crippen molar-refractivity contribution in [2.45, 2.75) is 57.8 Å². The van der Waals surface area contributed by atoms with Crippen molar-refractivity contribution in [1.29, 1.82) is 0 Å². The van der Waals surface area contributed by atoms with E-state index in [9.17, 15) is 0 Å². The first-order valence-corrected chi connectivity index (χ1v) is 5.48. The molecule has 2 fully saturated rings. The molecule has 0 aliphatic heterocycles. The Kier molecular flexibility index (Phi) is 2.86. The molecule has 0 heteroatoms. The third-order valence-electron chi connectivity index (χ3n) is 3.26. The van der Waals surface area contributed by atoms with Crippen LogP contribution in [0.5, 0.6) is 0 Å². The third-order valence-corrected chi connectivity index (χ3v) is 3.26. The zero-order valence-corrected chi connectivity index (χ0v) is 7.94. The van der Waals surface area contributed by atoms with Crippen LogP contribution in [0.25, 0.3) is 0 Å². The summed E-state index contributed by atoms with van der Waals surface area (Å²) in [7, 11) is 0. The van der Waals surface area contributed by atoms with Crippen molar-refractivity contribution in [3.63, 3.8) is 0 Å². The van der Waals surface area contributed by atoms with Gasteiger partial charge in [0.1, 0.15) is 0 Å². The zero-order chi connectivity index (χ0) is 8.23. The Morgan fingerprint density at radius 3 is 1.92 bits per heavy atom. The minimum Gasteiger partial charge on any atom is -0.0710 e. The number of hydrogen-bond donors (Lipinski definition) is 0. The fourth-order valence-electron chi connectivity index (χ4n) is 2.51. The lowest BCUT2D eigenvalue weighted by Gasteiger charge is -2.22. The van der Waals surface area contributed by atoms with E-state index in [-0.39, 0.29) is 0 Å². The van der Waals surface area contributed by atoms with E-state index >= 15 is 0 Å². The van der Waals surface area contributed by atoms with Crippen LogP contribution in [0.1, 0.15) is 57.8 Å². The van der Waals surface area contributed by atoms with Gasteiger partial charge in [-0.15, -0.1) is 0 Å². The first-order valence-electron chi connectivity index (χ1n) is 5.48. The molecule has 0 saturated heterocycles. The molecular formula is C12H19. The quantitative estimate of drug-likeness (QED) is 0.473. The molecule has 0 unspecified atom stereocenters. The molecule has 0 aromatic carbocycles. The lowest BCUT2D eigenvalue weighted by molar-refractivity contribution is 0.576. The molecule has 0 bridgehead atoms. The molecule has 67 valence electrons. The highest BCUT2D eigenvalue weighted by Crippen LogP contribution is 2.32. The van der Waals surface area contributed by atoms with Gasteiger partial charge in [0.25, 0.3) is 0 Å². The molecule has 1 radical (unpaired) electrons. The van der Waals surface area contributed by atoms with Gasteiger partial charge in [-0.25, -0.2) is 0 Å². The Morgan fingerprint density at radius 1 is 0.667 bits per heavy atom. The van der Waals surface area contributed by atoms with Crippen molar-refractivity contribution in [2.24, 2.45) is 0 Å². The third kappa shape index (κ3) is 1.91. The Morgan fingerprint density at radius 2 is 1.25 bits per heavy atom. The maximum atomic E-state index is 2.45. The number of allylic oxidation sites excluding steroid dienone is 2. The van der Waals surface area contributed by atoms with Gasteiger partial charge in [-0.3, -0.25) is 0 Å². The topological polar surface area (TPSA) is 0 Å². The van der Waals surface area contributed by atoms with E-state index in [1.807, 2.05) is 11.1 Å². The first kappa shape index (κ1) is 8.34. The summed E-state index contributed by atoms with van der Waals surface area (Å²) in [6.07, 6.45) is 15.2. The normalized spacial score (nSPS) is 26.0. The average Bonchev–Trinajstić information content (AvgIpc) is 2.21. The summed E-state index contributed by atoms with van der Waals surface area (Å²) in [4.78, 5) is 0. The Balaban J connectivity index is 2.00.